The quantitative estimate of drug-likeness (QED) is 0.766. The fourth-order valence-electron chi connectivity index (χ4n) is 1.62. The second-order valence-electron chi connectivity index (χ2n) is 4.19. The van der Waals surface area contributed by atoms with Crippen molar-refractivity contribution in [2.24, 2.45) is 5.73 Å². The van der Waals surface area contributed by atoms with E-state index in [9.17, 15) is 13.2 Å². The third-order valence-corrected chi connectivity index (χ3v) is 4.06. The van der Waals surface area contributed by atoms with Crippen LogP contribution in [0.2, 0.25) is 0 Å². The highest BCUT2D eigenvalue weighted by Gasteiger charge is 2.13. The number of sulfonamides is 1. The average molecular weight is 306 g/mol. The molecule has 1 aromatic carbocycles. The molecule has 0 fully saturated rings. The van der Waals surface area contributed by atoms with Crippen molar-refractivity contribution in [3.8, 4) is 0 Å². The van der Waals surface area contributed by atoms with Crippen molar-refractivity contribution in [1.82, 2.24) is 9.71 Å². The SMILES string of the molecule is NC(=O)Nc1ccc(S(=O)(=O)NCc2ccncc2)cc1. The number of benzene rings is 1. The van der Waals surface area contributed by atoms with E-state index in [0.29, 0.717) is 5.69 Å². The second-order valence-corrected chi connectivity index (χ2v) is 5.96. The van der Waals surface area contributed by atoms with Gasteiger partial charge in [-0.15, -0.1) is 0 Å². The predicted molar refractivity (Wildman–Crippen MR) is 77.9 cm³/mol. The third-order valence-electron chi connectivity index (χ3n) is 2.65. The van der Waals surface area contributed by atoms with Crippen LogP contribution in [0, 0.1) is 0 Å². The molecule has 0 radical (unpaired) electrons. The molecule has 0 saturated heterocycles. The Hall–Kier alpha value is -2.45. The van der Waals surface area contributed by atoms with Crippen LogP contribution in [0.4, 0.5) is 10.5 Å². The average Bonchev–Trinajstić information content (AvgIpc) is 2.46. The zero-order valence-corrected chi connectivity index (χ0v) is 11.8. The van der Waals surface area contributed by atoms with Gasteiger partial charge in [-0.2, -0.15) is 0 Å². The van der Waals surface area contributed by atoms with Crippen molar-refractivity contribution in [3.05, 3.63) is 54.4 Å². The highest BCUT2D eigenvalue weighted by atomic mass is 32.2. The van der Waals surface area contributed by atoms with Crippen LogP contribution in [0.5, 0.6) is 0 Å². The molecule has 8 heteroatoms. The first-order chi connectivity index (χ1) is 9.97. The zero-order valence-electron chi connectivity index (χ0n) is 11.0. The molecular formula is C13H14N4O3S. The highest BCUT2D eigenvalue weighted by Crippen LogP contribution is 2.14. The number of nitrogens with two attached hydrogens (primary N) is 1. The van der Waals surface area contributed by atoms with Gasteiger partial charge in [0.1, 0.15) is 0 Å². The molecule has 2 aromatic rings. The van der Waals surface area contributed by atoms with E-state index < -0.39 is 16.1 Å². The number of amides is 2. The Kier molecular flexibility index (Phi) is 4.51. The van der Waals surface area contributed by atoms with Crippen molar-refractivity contribution in [2.45, 2.75) is 11.4 Å². The predicted octanol–water partition coefficient (Wildman–Crippen LogP) is 1.05. The molecule has 21 heavy (non-hydrogen) atoms. The first-order valence-corrected chi connectivity index (χ1v) is 7.51. The molecule has 4 N–H and O–H groups in total. The van der Waals surface area contributed by atoms with Crippen LogP contribution in [0.25, 0.3) is 0 Å². The summed E-state index contributed by atoms with van der Waals surface area (Å²) in [5.41, 5.74) is 6.21. The number of pyridine rings is 1. The van der Waals surface area contributed by atoms with E-state index in [1.54, 1.807) is 24.5 Å². The molecule has 1 aromatic heterocycles. The van der Waals surface area contributed by atoms with Gasteiger partial charge in [-0.3, -0.25) is 4.98 Å². The Bertz CT molecular complexity index is 715. The van der Waals surface area contributed by atoms with Crippen LogP contribution in [-0.4, -0.2) is 19.4 Å². The summed E-state index contributed by atoms with van der Waals surface area (Å²) in [5.74, 6) is 0. The van der Waals surface area contributed by atoms with E-state index in [1.807, 2.05) is 0 Å². The largest absolute Gasteiger partial charge is 0.351 e. The van der Waals surface area contributed by atoms with Gasteiger partial charge in [0.05, 0.1) is 4.90 Å². The minimum Gasteiger partial charge on any atom is -0.351 e. The fourth-order valence-corrected chi connectivity index (χ4v) is 2.64. The highest BCUT2D eigenvalue weighted by molar-refractivity contribution is 7.89. The Morgan fingerprint density at radius 2 is 1.71 bits per heavy atom. The number of nitrogens with zero attached hydrogens (tertiary/aromatic N) is 1. The Balaban J connectivity index is 2.07. The van der Waals surface area contributed by atoms with Gasteiger partial charge in [0, 0.05) is 24.6 Å². The first-order valence-electron chi connectivity index (χ1n) is 6.02. The lowest BCUT2D eigenvalue weighted by atomic mass is 10.3. The Labute approximate surface area is 122 Å². The monoisotopic (exact) mass is 306 g/mol. The molecule has 0 saturated carbocycles. The number of rotatable bonds is 5. The fraction of sp³-hybridized carbons (Fsp3) is 0.0769. The molecule has 2 rings (SSSR count). The zero-order chi connectivity index (χ0) is 15.3. The smallest absolute Gasteiger partial charge is 0.316 e. The van der Waals surface area contributed by atoms with Crippen LogP contribution < -0.4 is 15.8 Å². The molecular weight excluding hydrogens is 292 g/mol. The van der Waals surface area contributed by atoms with E-state index in [4.69, 9.17) is 5.73 Å². The summed E-state index contributed by atoms with van der Waals surface area (Å²) in [5, 5.41) is 2.36. The summed E-state index contributed by atoms with van der Waals surface area (Å²) in [6.07, 6.45) is 3.18. The van der Waals surface area contributed by atoms with Gasteiger partial charge in [0.15, 0.2) is 0 Å². The second kappa shape index (κ2) is 6.33. The van der Waals surface area contributed by atoms with Gasteiger partial charge in [-0.05, 0) is 42.0 Å². The van der Waals surface area contributed by atoms with E-state index in [0.717, 1.165) is 5.56 Å². The van der Waals surface area contributed by atoms with Crippen molar-refractivity contribution in [2.75, 3.05) is 5.32 Å². The van der Waals surface area contributed by atoms with Crippen molar-refractivity contribution < 1.29 is 13.2 Å². The van der Waals surface area contributed by atoms with Crippen molar-refractivity contribution >= 4 is 21.7 Å². The van der Waals surface area contributed by atoms with E-state index in [-0.39, 0.29) is 11.4 Å². The number of carbonyl (C=O) groups excluding carboxylic acids is 1. The molecule has 1 heterocycles. The Morgan fingerprint density at radius 3 is 2.29 bits per heavy atom. The molecule has 2 amide bonds. The van der Waals surface area contributed by atoms with Crippen LogP contribution >= 0.6 is 0 Å². The summed E-state index contributed by atoms with van der Waals surface area (Å²) in [6, 6.07) is 8.45. The number of anilines is 1. The van der Waals surface area contributed by atoms with E-state index >= 15 is 0 Å². The number of carbonyl (C=O) groups is 1. The number of nitrogens with one attached hydrogen (secondary N) is 2. The van der Waals surface area contributed by atoms with Gasteiger partial charge in [0.2, 0.25) is 10.0 Å². The van der Waals surface area contributed by atoms with Crippen LogP contribution in [0.3, 0.4) is 0 Å². The third kappa shape index (κ3) is 4.26. The van der Waals surface area contributed by atoms with E-state index in [1.165, 1.54) is 24.3 Å². The van der Waals surface area contributed by atoms with Gasteiger partial charge in [-0.25, -0.2) is 17.9 Å². The number of hydrogen-bond acceptors (Lipinski definition) is 4. The summed E-state index contributed by atoms with van der Waals surface area (Å²) < 4.78 is 26.7. The van der Waals surface area contributed by atoms with Gasteiger partial charge in [-0.1, -0.05) is 0 Å². The number of primary amides is 1. The normalized spacial score (nSPS) is 11.0. The molecule has 0 aliphatic heterocycles. The maximum atomic E-state index is 12.1. The molecule has 0 bridgehead atoms. The molecule has 7 nitrogen and oxygen atoms in total. The molecule has 0 atom stereocenters. The minimum atomic E-state index is -3.62. The molecule has 0 unspecified atom stereocenters. The number of urea groups is 1. The lowest BCUT2D eigenvalue weighted by Crippen LogP contribution is -2.23. The van der Waals surface area contributed by atoms with Crippen LogP contribution in [0.1, 0.15) is 5.56 Å². The maximum Gasteiger partial charge on any atom is 0.316 e. The topological polar surface area (TPSA) is 114 Å². The molecule has 0 spiro atoms. The molecule has 0 aliphatic carbocycles. The molecule has 0 aliphatic rings. The summed E-state index contributed by atoms with van der Waals surface area (Å²) in [7, 11) is -3.62. The summed E-state index contributed by atoms with van der Waals surface area (Å²) >= 11 is 0. The minimum absolute atomic E-state index is 0.103. The van der Waals surface area contributed by atoms with Crippen molar-refractivity contribution in [3.63, 3.8) is 0 Å². The lowest BCUT2D eigenvalue weighted by Gasteiger charge is -2.08. The standard InChI is InChI=1S/C13H14N4O3S/c14-13(18)17-11-1-3-12(4-2-11)21(19,20)16-9-10-5-7-15-8-6-10/h1-8,16H,9H2,(H3,14,17,18). The van der Waals surface area contributed by atoms with Crippen LogP contribution in [0.15, 0.2) is 53.7 Å². The molecule has 110 valence electrons. The maximum absolute atomic E-state index is 12.1. The van der Waals surface area contributed by atoms with Gasteiger partial charge < -0.3 is 11.1 Å². The number of aromatic nitrogens is 1. The summed E-state index contributed by atoms with van der Waals surface area (Å²) in [6.45, 7) is 0.173. The van der Waals surface area contributed by atoms with Gasteiger partial charge >= 0.3 is 6.03 Å². The summed E-state index contributed by atoms with van der Waals surface area (Å²) in [4.78, 5) is 14.6. The lowest BCUT2D eigenvalue weighted by molar-refractivity contribution is 0.259. The van der Waals surface area contributed by atoms with Gasteiger partial charge in [0.25, 0.3) is 0 Å². The number of hydrogen-bond donors (Lipinski definition) is 3. The first kappa shape index (κ1) is 14.9. The van der Waals surface area contributed by atoms with Crippen LogP contribution in [-0.2, 0) is 16.6 Å². The van der Waals surface area contributed by atoms with Crippen molar-refractivity contribution in [1.29, 1.82) is 0 Å². The Morgan fingerprint density at radius 1 is 1.10 bits per heavy atom. The van der Waals surface area contributed by atoms with E-state index in [2.05, 4.69) is 15.0 Å².